The Balaban J connectivity index is 0.768. The SMILES string of the molecule is CCOc1cc2oc(-c3ccc(OCCOCCOCCOCCOc4cccc5c4C(=O)N(C4CCC(=O)NC4=O)C5=O)cc3Cl)cc(=O)c2cc1-c1cc(C#N)cc(NC(=O)Nc2ccccc2)c1. The number of amides is 6. The summed E-state index contributed by atoms with van der Waals surface area (Å²) in [7, 11) is 0. The lowest BCUT2D eigenvalue weighted by atomic mass is 9.99. The van der Waals surface area contributed by atoms with E-state index in [4.69, 9.17) is 44.4 Å². The zero-order chi connectivity index (χ0) is 49.9. The van der Waals surface area contributed by atoms with Crippen LogP contribution in [0.25, 0.3) is 33.4 Å². The quantitative estimate of drug-likeness (QED) is 0.0466. The molecule has 0 saturated carbocycles. The third kappa shape index (κ3) is 11.9. The number of anilines is 2. The molecule has 5 aromatic carbocycles. The first-order chi connectivity index (χ1) is 34.5. The van der Waals surface area contributed by atoms with Gasteiger partial charge in [-0.3, -0.25) is 34.2 Å². The van der Waals surface area contributed by atoms with Gasteiger partial charge < -0.3 is 43.5 Å². The monoisotopic (exact) mass is 983 g/mol. The molecular weight excluding hydrogens is 938 g/mol. The van der Waals surface area contributed by atoms with Gasteiger partial charge >= 0.3 is 6.03 Å². The molecule has 71 heavy (non-hydrogen) atoms. The maximum atomic E-state index is 13.6. The highest BCUT2D eigenvalue weighted by Gasteiger charge is 2.46. The van der Waals surface area contributed by atoms with E-state index < -0.39 is 35.7 Å². The molecule has 18 nitrogen and oxygen atoms in total. The Bertz CT molecular complexity index is 3100. The molecule has 0 aliphatic carbocycles. The van der Waals surface area contributed by atoms with Crippen molar-refractivity contribution in [1.82, 2.24) is 10.2 Å². The summed E-state index contributed by atoms with van der Waals surface area (Å²) in [5.74, 6) is -1.10. The van der Waals surface area contributed by atoms with Crippen LogP contribution in [0.3, 0.4) is 0 Å². The van der Waals surface area contributed by atoms with Crippen molar-refractivity contribution in [2.24, 2.45) is 0 Å². The number of hydrogen-bond donors (Lipinski definition) is 3. The zero-order valence-corrected chi connectivity index (χ0v) is 39.0. The standard InChI is InChI=1S/C52H46ClN5O13/c1-2-68-44-29-46-39(27-38(44)32-23-31(30-54)24-34(25-32)56-52(64)55-33-7-4-3-5-8-33)42(59)28-45(71-46)36-12-11-35(26-40(36)53)69-21-19-66-17-15-65-16-18-67-20-22-70-43-10-6-9-37-48(43)51(63)58(50(37)62)41-13-14-47(60)57-49(41)61/h3-12,23-29,41H,2,13-22H2,1H3,(H2,55,56,64)(H,57,60,61). The van der Waals surface area contributed by atoms with Crippen LogP contribution in [-0.4, -0.2) is 100 Å². The largest absolute Gasteiger partial charge is 0.493 e. The zero-order valence-electron chi connectivity index (χ0n) is 38.3. The summed E-state index contributed by atoms with van der Waals surface area (Å²) in [5.41, 5.74) is 2.87. The number of halogens is 1. The van der Waals surface area contributed by atoms with E-state index in [-0.39, 0.29) is 95.5 Å². The molecule has 1 atom stereocenters. The van der Waals surface area contributed by atoms with Crippen LogP contribution in [0.4, 0.5) is 16.2 Å². The summed E-state index contributed by atoms with van der Waals surface area (Å²) < 4.78 is 40.6. The van der Waals surface area contributed by atoms with Gasteiger partial charge in [-0.2, -0.15) is 5.26 Å². The number of piperidine rings is 1. The summed E-state index contributed by atoms with van der Waals surface area (Å²) in [6.07, 6.45) is 0.0854. The summed E-state index contributed by atoms with van der Waals surface area (Å²) in [4.78, 5) is 77.5. The van der Waals surface area contributed by atoms with Gasteiger partial charge in [0.1, 0.15) is 47.8 Å². The number of nitrogens with one attached hydrogen (secondary N) is 3. The van der Waals surface area contributed by atoms with E-state index in [0.717, 1.165) is 4.90 Å². The first kappa shape index (κ1) is 49.3. The lowest BCUT2D eigenvalue weighted by Gasteiger charge is -2.27. The molecule has 2 aliphatic rings. The highest BCUT2D eigenvalue weighted by atomic mass is 35.5. The Hall–Kier alpha value is -8.08. The van der Waals surface area contributed by atoms with E-state index in [0.29, 0.717) is 66.0 Å². The Morgan fingerprint density at radius 2 is 1.45 bits per heavy atom. The van der Waals surface area contributed by atoms with E-state index in [9.17, 15) is 34.0 Å². The number of ether oxygens (including phenoxy) is 6. The number of hydrogen-bond acceptors (Lipinski definition) is 14. The van der Waals surface area contributed by atoms with Crippen molar-refractivity contribution >= 4 is 63.6 Å². The first-order valence-corrected chi connectivity index (χ1v) is 23.0. The number of fused-ring (bicyclic) bond motifs is 2. The van der Waals surface area contributed by atoms with Crippen molar-refractivity contribution in [3.05, 3.63) is 135 Å². The van der Waals surface area contributed by atoms with Gasteiger partial charge in [0.25, 0.3) is 11.8 Å². The minimum Gasteiger partial charge on any atom is -0.493 e. The minimum absolute atomic E-state index is 0.0270. The lowest BCUT2D eigenvalue weighted by Crippen LogP contribution is -2.54. The molecule has 0 spiro atoms. The normalized spacial score (nSPS) is 14.2. The number of imide groups is 2. The Morgan fingerprint density at radius 1 is 0.732 bits per heavy atom. The number of rotatable bonds is 21. The van der Waals surface area contributed by atoms with Crippen molar-refractivity contribution in [2.75, 3.05) is 70.1 Å². The van der Waals surface area contributed by atoms with Gasteiger partial charge in [-0.25, -0.2) is 4.79 Å². The number of nitrogens with zero attached hydrogens (tertiary/aromatic N) is 2. The number of carbonyl (C=O) groups is 5. The summed E-state index contributed by atoms with van der Waals surface area (Å²) in [5, 5.41) is 18.1. The summed E-state index contributed by atoms with van der Waals surface area (Å²) in [6.45, 7) is 4.05. The Kier molecular flexibility index (Phi) is 16.0. The molecule has 364 valence electrons. The van der Waals surface area contributed by atoms with Crippen LogP contribution < -0.4 is 35.6 Å². The van der Waals surface area contributed by atoms with Crippen LogP contribution in [0.15, 0.2) is 112 Å². The maximum Gasteiger partial charge on any atom is 0.323 e. The van der Waals surface area contributed by atoms with Crippen molar-refractivity contribution in [3.8, 4) is 45.8 Å². The van der Waals surface area contributed by atoms with E-state index >= 15 is 0 Å². The average Bonchev–Trinajstić information content (AvgIpc) is 3.61. The molecule has 6 aromatic rings. The topological polar surface area (TPSA) is 234 Å². The second-order valence-electron chi connectivity index (χ2n) is 15.9. The van der Waals surface area contributed by atoms with Gasteiger partial charge in [0.15, 0.2) is 5.43 Å². The van der Waals surface area contributed by atoms with Crippen LogP contribution in [-0.2, 0) is 23.8 Å². The molecule has 8 rings (SSSR count). The van der Waals surface area contributed by atoms with Crippen molar-refractivity contribution < 1.29 is 56.8 Å². The molecule has 0 bridgehead atoms. The highest BCUT2D eigenvalue weighted by molar-refractivity contribution is 6.33. The van der Waals surface area contributed by atoms with Crippen LogP contribution in [0.1, 0.15) is 46.0 Å². The maximum absolute atomic E-state index is 13.6. The van der Waals surface area contributed by atoms with E-state index in [1.807, 2.05) is 13.0 Å². The predicted molar refractivity (Wildman–Crippen MR) is 260 cm³/mol. The molecule has 2 aliphatic heterocycles. The van der Waals surface area contributed by atoms with Gasteiger partial charge in [0.2, 0.25) is 11.8 Å². The summed E-state index contributed by atoms with van der Waals surface area (Å²) in [6, 6.07) is 28.6. The third-order valence-corrected chi connectivity index (χ3v) is 11.5. The molecule has 19 heteroatoms. The Morgan fingerprint density at radius 3 is 2.15 bits per heavy atom. The van der Waals surface area contributed by atoms with Crippen LogP contribution in [0.5, 0.6) is 17.2 Å². The van der Waals surface area contributed by atoms with E-state index in [1.54, 1.807) is 84.9 Å². The number of urea groups is 1. The van der Waals surface area contributed by atoms with Gasteiger partial charge in [-0.05, 0) is 85.6 Å². The lowest BCUT2D eigenvalue weighted by molar-refractivity contribution is -0.136. The molecular formula is C52H46ClN5O13. The number of nitriles is 1. The average molecular weight is 984 g/mol. The molecule has 3 heterocycles. The third-order valence-electron chi connectivity index (χ3n) is 11.2. The van der Waals surface area contributed by atoms with Crippen LogP contribution in [0.2, 0.25) is 5.02 Å². The molecule has 1 saturated heterocycles. The summed E-state index contributed by atoms with van der Waals surface area (Å²) >= 11 is 6.69. The van der Waals surface area contributed by atoms with Gasteiger partial charge in [0, 0.05) is 41.1 Å². The van der Waals surface area contributed by atoms with E-state index in [1.165, 1.54) is 12.1 Å². The fraction of sp³-hybridized carbons (Fsp3) is 0.250. The minimum atomic E-state index is -1.07. The number of benzene rings is 5. The molecule has 1 unspecified atom stereocenters. The van der Waals surface area contributed by atoms with Gasteiger partial charge in [-0.15, -0.1) is 0 Å². The van der Waals surface area contributed by atoms with Crippen molar-refractivity contribution in [1.29, 1.82) is 5.26 Å². The van der Waals surface area contributed by atoms with Gasteiger partial charge in [0.05, 0.1) is 79.4 Å². The molecule has 0 radical (unpaired) electrons. The van der Waals surface area contributed by atoms with Crippen LogP contribution >= 0.6 is 11.6 Å². The fourth-order valence-electron chi connectivity index (χ4n) is 7.91. The number of carbonyl (C=O) groups excluding carboxylic acids is 5. The number of para-hydroxylation sites is 1. The molecule has 1 fully saturated rings. The van der Waals surface area contributed by atoms with Crippen molar-refractivity contribution in [3.63, 3.8) is 0 Å². The Labute approximate surface area is 411 Å². The van der Waals surface area contributed by atoms with Gasteiger partial charge in [-0.1, -0.05) is 35.9 Å². The predicted octanol–water partition coefficient (Wildman–Crippen LogP) is 7.60. The first-order valence-electron chi connectivity index (χ1n) is 22.6. The molecule has 6 amide bonds. The smallest absolute Gasteiger partial charge is 0.323 e. The van der Waals surface area contributed by atoms with E-state index in [2.05, 4.69) is 22.0 Å². The fourth-order valence-corrected chi connectivity index (χ4v) is 8.18. The van der Waals surface area contributed by atoms with Crippen LogP contribution in [0, 0.1) is 11.3 Å². The highest BCUT2D eigenvalue weighted by Crippen LogP contribution is 2.38. The second kappa shape index (κ2) is 23.0. The van der Waals surface area contributed by atoms with Crippen molar-refractivity contribution in [2.45, 2.75) is 25.8 Å². The molecule has 3 N–H and O–H groups in total. The molecule has 1 aromatic heterocycles. The second-order valence-corrected chi connectivity index (χ2v) is 16.3.